The number of aryl methyl sites for hydroxylation is 1. The van der Waals surface area contributed by atoms with Crippen molar-refractivity contribution in [1.29, 1.82) is 0 Å². The van der Waals surface area contributed by atoms with E-state index in [0.29, 0.717) is 32.5 Å². The number of likely N-dealkylation sites (N-methyl/N-ethyl adjacent to an activating group) is 1. The fraction of sp³-hybridized carbons (Fsp3) is 0.529. The van der Waals surface area contributed by atoms with Crippen molar-refractivity contribution in [2.75, 3.05) is 26.2 Å². The summed E-state index contributed by atoms with van der Waals surface area (Å²) in [6, 6.07) is 6.76. The maximum Gasteiger partial charge on any atom is 0.243 e. The monoisotopic (exact) mass is 367 g/mol. The van der Waals surface area contributed by atoms with Gasteiger partial charge in [-0.05, 0) is 38.8 Å². The van der Waals surface area contributed by atoms with Gasteiger partial charge in [-0.1, -0.05) is 17.7 Å². The van der Waals surface area contributed by atoms with Crippen LogP contribution in [0.3, 0.4) is 0 Å². The first-order chi connectivity index (χ1) is 11.8. The first-order valence-corrected chi connectivity index (χ1v) is 9.90. The summed E-state index contributed by atoms with van der Waals surface area (Å²) in [6.07, 6.45) is 0.901. The van der Waals surface area contributed by atoms with Crippen molar-refractivity contribution in [3.05, 3.63) is 29.8 Å². The SMILES string of the molecule is CCNC(=O)CNC(=O)C1CCN(S(=O)(=O)c2ccc(C)cc2)CC1. The van der Waals surface area contributed by atoms with Crippen LogP contribution in [-0.2, 0) is 19.6 Å². The summed E-state index contributed by atoms with van der Waals surface area (Å²) in [5.74, 6) is -0.687. The lowest BCUT2D eigenvalue weighted by molar-refractivity contribution is -0.129. The van der Waals surface area contributed by atoms with E-state index < -0.39 is 10.0 Å². The van der Waals surface area contributed by atoms with E-state index in [1.54, 1.807) is 24.3 Å². The van der Waals surface area contributed by atoms with E-state index >= 15 is 0 Å². The van der Waals surface area contributed by atoms with Crippen molar-refractivity contribution in [2.24, 2.45) is 5.92 Å². The lowest BCUT2D eigenvalue weighted by Gasteiger charge is -2.30. The molecule has 0 saturated carbocycles. The van der Waals surface area contributed by atoms with Crippen LogP contribution in [0, 0.1) is 12.8 Å². The van der Waals surface area contributed by atoms with Crippen molar-refractivity contribution >= 4 is 21.8 Å². The molecule has 1 saturated heterocycles. The molecule has 0 radical (unpaired) electrons. The van der Waals surface area contributed by atoms with E-state index in [1.807, 2.05) is 13.8 Å². The molecule has 1 aliphatic rings. The molecule has 0 atom stereocenters. The second-order valence-electron chi connectivity index (χ2n) is 6.16. The average Bonchev–Trinajstić information content (AvgIpc) is 2.60. The highest BCUT2D eigenvalue weighted by Gasteiger charge is 2.32. The summed E-state index contributed by atoms with van der Waals surface area (Å²) < 4.78 is 26.7. The van der Waals surface area contributed by atoms with Crippen LogP contribution in [0.5, 0.6) is 0 Å². The number of carbonyl (C=O) groups is 2. The lowest BCUT2D eigenvalue weighted by atomic mass is 9.97. The predicted molar refractivity (Wildman–Crippen MR) is 94.4 cm³/mol. The van der Waals surface area contributed by atoms with Crippen LogP contribution in [0.25, 0.3) is 0 Å². The zero-order valence-corrected chi connectivity index (χ0v) is 15.4. The summed E-state index contributed by atoms with van der Waals surface area (Å²) in [4.78, 5) is 23.8. The Balaban J connectivity index is 1.89. The van der Waals surface area contributed by atoms with Crippen LogP contribution in [-0.4, -0.2) is 50.7 Å². The van der Waals surface area contributed by atoms with Gasteiger partial charge in [-0.25, -0.2) is 8.42 Å². The number of sulfonamides is 1. The minimum atomic E-state index is -3.52. The number of nitrogens with one attached hydrogen (secondary N) is 2. The van der Waals surface area contributed by atoms with Crippen molar-refractivity contribution < 1.29 is 18.0 Å². The van der Waals surface area contributed by atoms with Crippen molar-refractivity contribution in [2.45, 2.75) is 31.6 Å². The summed E-state index contributed by atoms with van der Waals surface area (Å²) in [7, 11) is -3.52. The van der Waals surface area contributed by atoms with Gasteiger partial charge in [0, 0.05) is 25.6 Å². The van der Waals surface area contributed by atoms with Gasteiger partial charge >= 0.3 is 0 Å². The summed E-state index contributed by atoms with van der Waals surface area (Å²) >= 11 is 0. The number of hydrogen-bond donors (Lipinski definition) is 2. The number of hydrogen-bond acceptors (Lipinski definition) is 4. The number of rotatable bonds is 6. The molecule has 25 heavy (non-hydrogen) atoms. The highest BCUT2D eigenvalue weighted by Crippen LogP contribution is 2.24. The number of amides is 2. The predicted octanol–water partition coefficient (Wildman–Crippen LogP) is 0.648. The molecule has 1 aliphatic heterocycles. The molecule has 1 aromatic rings. The molecular formula is C17H25N3O4S. The van der Waals surface area contributed by atoms with Gasteiger partial charge in [-0.15, -0.1) is 0 Å². The lowest BCUT2D eigenvalue weighted by Crippen LogP contribution is -2.45. The van der Waals surface area contributed by atoms with E-state index in [0.717, 1.165) is 5.56 Å². The second kappa shape index (κ2) is 8.44. The minimum absolute atomic E-state index is 0.0471. The molecule has 1 aromatic carbocycles. The van der Waals surface area contributed by atoms with Crippen molar-refractivity contribution in [1.82, 2.24) is 14.9 Å². The molecule has 0 unspecified atom stereocenters. The average molecular weight is 367 g/mol. The third kappa shape index (κ3) is 5.02. The Labute approximate surface area is 148 Å². The summed E-state index contributed by atoms with van der Waals surface area (Å²) in [5.41, 5.74) is 1.00. The first kappa shape index (κ1) is 19.4. The van der Waals surface area contributed by atoms with Gasteiger partial charge in [0.25, 0.3) is 0 Å². The molecule has 1 fully saturated rings. The highest BCUT2D eigenvalue weighted by molar-refractivity contribution is 7.89. The zero-order chi connectivity index (χ0) is 18.4. The minimum Gasteiger partial charge on any atom is -0.355 e. The molecule has 2 amide bonds. The first-order valence-electron chi connectivity index (χ1n) is 8.46. The zero-order valence-electron chi connectivity index (χ0n) is 14.6. The van der Waals surface area contributed by atoms with Crippen LogP contribution in [0.4, 0.5) is 0 Å². The fourth-order valence-corrected chi connectivity index (χ4v) is 4.26. The number of piperidine rings is 1. The Morgan fingerprint density at radius 2 is 1.72 bits per heavy atom. The number of benzene rings is 1. The van der Waals surface area contributed by atoms with E-state index in [1.165, 1.54) is 4.31 Å². The molecule has 0 bridgehead atoms. The standard InChI is InChI=1S/C17H25N3O4S/c1-3-18-16(21)12-19-17(22)14-8-10-20(11-9-14)25(23,24)15-6-4-13(2)5-7-15/h4-7,14H,3,8-12H2,1-2H3,(H,18,21)(H,19,22). The molecule has 2 N–H and O–H groups in total. The van der Waals surface area contributed by atoms with Crippen LogP contribution in [0.2, 0.25) is 0 Å². The Kier molecular flexibility index (Phi) is 6.55. The molecule has 8 heteroatoms. The van der Waals surface area contributed by atoms with Crippen LogP contribution < -0.4 is 10.6 Å². The van der Waals surface area contributed by atoms with Gasteiger partial charge < -0.3 is 10.6 Å². The number of nitrogens with zero attached hydrogens (tertiary/aromatic N) is 1. The molecule has 138 valence electrons. The molecule has 0 aliphatic carbocycles. The smallest absolute Gasteiger partial charge is 0.243 e. The van der Waals surface area contributed by atoms with E-state index in [4.69, 9.17) is 0 Å². The molecule has 0 spiro atoms. The normalized spacial score (nSPS) is 16.4. The topological polar surface area (TPSA) is 95.6 Å². The summed E-state index contributed by atoms with van der Waals surface area (Å²) in [5, 5.41) is 5.22. The fourth-order valence-electron chi connectivity index (χ4n) is 2.79. The Bertz CT molecular complexity index is 708. The van der Waals surface area contributed by atoms with E-state index in [9.17, 15) is 18.0 Å². The largest absolute Gasteiger partial charge is 0.355 e. The van der Waals surface area contributed by atoms with E-state index in [2.05, 4.69) is 10.6 Å². The summed E-state index contributed by atoms with van der Waals surface area (Å²) in [6.45, 7) is 4.79. The van der Waals surface area contributed by atoms with Gasteiger partial charge in [0.15, 0.2) is 0 Å². The van der Waals surface area contributed by atoms with Gasteiger partial charge in [0.2, 0.25) is 21.8 Å². The molecule has 2 rings (SSSR count). The third-order valence-electron chi connectivity index (χ3n) is 4.28. The second-order valence-corrected chi connectivity index (χ2v) is 8.10. The van der Waals surface area contributed by atoms with Gasteiger partial charge in [-0.3, -0.25) is 9.59 Å². The van der Waals surface area contributed by atoms with Crippen LogP contribution in [0.15, 0.2) is 29.2 Å². The maximum atomic E-state index is 12.6. The molecule has 0 aromatic heterocycles. The Morgan fingerprint density at radius 3 is 2.28 bits per heavy atom. The van der Waals surface area contributed by atoms with Crippen LogP contribution in [0.1, 0.15) is 25.3 Å². The van der Waals surface area contributed by atoms with E-state index in [-0.39, 0.29) is 29.2 Å². The van der Waals surface area contributed by atoms with Crippen molar-refractivity contribution in [3.8, 4) is 0 Å². The Morgan fingerprint density at radius 1 is 1.12 bits per heavy atom. The molecule has 7 nitrogen and oxygen atoms in total. The highest BCUT2D eigenvalue weighted by atomic mass is 32.2. The van der Waals surface area contributed by atoms with Crippen molar-refractivity contribution in [3.63, 3.8) is 0 Å². The maximum absolute atomic E-state index is 12.6. The quantitative estimate of drug-likeness (QED) is 0.772. The van der Waals surface area contributed by atoms with Crippen LogP contribution >= 0.6 is 0 Å². The molecule has 1 heterocycles. The molecular weight excluding hydrogens is 342 g/mol. The van der Waals surface area contributed by atoms with Gasteiger partial charge in [0.1, 0.15) is 0 Å². The number of carbonyl (C=O) groups excluding carboxylic acids is 2. The van der Waals surface area contributed by atoms with Gasteiger partial charge in [-0.2, -0.15) is 4.31 Å². The van der Waals surface area contributed by atoms with Gasteiger partial charge in [0.05, 0.1) is 11.4 Å². The third-order valence-corrected chi connectivity index (χ3v) is 6.19. The Hall–Kier alpha value is -1.93.